The Morgan fingerprint density at radius 2 is 1.65 bits per heavy atom. The number of carbonyl (C=O) groups is 1. The molecule has 1 rings (SSSR count). The fourth-order valence-electron chi connectivity index (χ4n) is 1.37. The summed E-state index contributed by atoms with van der Waals surface area (Å²) in [5, 5.41) is 46.1. The van der Waals surface area contributed by atoms with E-state index in [0.29, 0.717) is 5.69 Å². The van der Waals surface area contributed by atoms with Crippen LogP contribution in [0.4, 0.5) is 5.69 Å². The Morgan fingerprint density at radius 3 is 2.15 bits per heavy atom. The van der Waals surface area contributed by atoms with E-state index in [4.69, 9.17) is 20.7 Å². The first kappa shape index (κ1) is 16.3. The van der Waals surface area contributed by atoms with Crippen LogP contribution < -0.4 is 10.5 Å². The molecule has 20 heavy (non-hydrogen) atoms. The summed E-state index contributed by atoms with van der Waals surface area (Å²) in [6.07, 6.45) is -7.67. The van der Waals surface area contributed by atoms with Crippen LogP contribution >= 0.6 is 0 Å². The van der Waals surface area contributed by atoms with Crippen LogP contribution in [0.1, 0.15) is 0 Å². The van der Waals surface area contributed by atoms with Gasteiger partial charge in [0, 0.05) is 5.69 Å². The number of nitrogen functional groups attached to an aromatic ring is 1. The molecule has 0 aromatic heterocycles. The lowest BCUT2D eigenvalue weighted by Crippen LogP contribution is -2.49. The molecule has 1 aromatic carbocycles. The third-order valence-electron chi connectivity index (χ3n) is 2.59. The van der Waals surface area contributed by atoms with Crippen molar-refractivity contribution in [2.75, 3.05) is 12.3 Å². The van der Waals surface area contributed by atoms with Crippen molar-refractivity contribution in [2.24, 2.45) is 0 Å². The SMILES string of the molecule is Nc1ccc(OC(=O)[C@H](O)[C@@H](O)[C@H](O)[C@H](O)CO)cc1. The summed E-state index contributed by atoms with van der Waals surface area (Å²) in [6, 6.07) is 5.70. The van der Waals surface area contributed by atoms with E-state index in [2.05, 4.69) is 0 Å². The molecule has 0 aliphatic carbocycles. The molecule has 0 saturated carbocycles. The largest absolute Gasteiger partial charge is 0.425 e. The molecule has 4 atom stereocenters. The molecular weight excluding hydrogens is 270 g/mol. The van der Waals surface area contributed by atoms with Crippen molar-refractivity contribution in [1.82, 2.24) is 0 Å². The van der Waals surface area contributed by atoms with E-state index in [1.54, 1.807) is 0 Å². The molecule has 1 aromatic rings. The molecule has 0 unspecified atom stereocenters. The van der Waals surface area contributed by atoms with Gasteiger partial charge in [-0.15, -0.1) is 0 Å². The third-order valence-corrected chi connectivity index (χ3v) is 2.59. The first-order chi connectivity index (χ1) is 9.36. The van der Waals surface area contributed by atoms with Crippen LogP contribution in [-0.2, 0) is 4.79 Å². The highest BCUT2D eigenvalue weighted by molar-refractivity contribution is 5.77. The lowest BCUT2D eigenvalue weighted by molar-refractivity contribution is -0.161. The van der Waals surface area contributed by atoms with Gasteiger partial charge in [0.2, 0.25) is 0 Å². The molecule has 112 valence electrons. The van der Waals surface area contributed by atoms with Crippen molar-refractivity contribution in [3.63, 3.8) is 0 Å². The van der Waals surface area contributed by atoms with Crippen LogP contribution in [0.5, 0.6) is 5.75 Å². The summed E-state index contributed by atoms with van der Waals surface area (Å²) in [5.74, 6) is -1.13. The fraction of sp³-hybridized carbons (Fsp3) is 0.417. The van der Waals surface area contributed by atoms with Crippen molar-refractivity contribution in [3.05, 3.63) is 24.3 Å². The van der Waals surface area contributed by atoms with E-state index in [1.807, 2.05) is 0 Å². The lowest BCUT2D eigenvalue weighted by Gasteiger charge is -2.24. The van der Waals surface area contributed by atoms with Gasteiger partial charge in [0.25, 0.3) is 0 Å². The Balaban J connectivity index is 2.64. The zero-order valence-corrected chi connectivity index (χ0v) is 10.5. The van der Waals surface area contributed by atoms with Gasteiger partial charge in [0.15, 0.2) is 6.10 Å². The minimum atomic E-state index is -2.08. The first-order valence-corrected chi connectivity index (χ1v) is 5.77. The Kier molecular flexibility index (Phi) is 5.86. The van der Waals surface area contributed by atoms with Crippen molar-refractivity contribution in [3.8, 4) is 5.75 Å². The zero-order chi connectivity index (χ0) is 15.3. The molecule has 0 radical (unpaired) electrons. The number of benzene rings is 1. The Morgan fingerprint density at radius 1 is 1.10 bits per heavy atom. The third kappa shape index (κ3) is 4.15. The number of ether oxygens (including phenoxy) is 1. The lowest BCUT2D eigenvalue weighted by atomic mass is 10.0. The topological polar surface area (TPSA) is 153 Å². The van der Waals surface area contributed by atoms with Crippen molar-refractivity contribution in [1.29, 1.82) is 0 Å². The predicted octanol–water partition coefficient (Wildman–Crippen LogP) is -2.39. The highest BCUT2D eigenvalue weighted by atomic mass is 16.6. The Bertz CT molecular complexity index is 436. The summed E-state index contributed by atoms with van der Waals surface area (Å²) in [6.45, 7) is -0.835. The average molecular weight is 287 g/mol. The van der Waals surface area contributed by atoms with E-state index < -0.39 is 37.0 Å². The monoisotopic (exact) mass is 287 g/mol. The average Bonchev–Trinajstić information content (AvgIpc) is 2.46. The van der Waals surface area contributed by atoms with Crippen molar-refractivity contribution >= 4 is 11.7 Å². The minimum absolute atomic E-state index is 0.0904. The van der Waals surface area contributed by atoms with Gasteiger partial charge in [0.1, 0.15) is 24.1 Å². The Labute approximate surface area is 114 Å². The van der Waals surface area contributed by atoms with Gasteiger partial charge in [0.05, 0.1) is 6.61 Å². The van der Waals surface area contributed by atoms with Crippen molar-refractivity contribution < 1.29 is 35.1 Å². The summed E-state index contributed by atoms with van der Waals surface area (Å²) in [7, 11) is 0. The smallest absolute Gasteiger partial charge is 0.343 e. The fourth-order valence-corrected chi connectivity index (χ4v) is 1.37. The zero-order valence-electron chi connectivity index (χ0n) is 10.5. The van der Waals surface area contributed by atoms with E-state index in [-0.39, 0.29) is 5.75 Å². The van der Waals surface area contributed by atoms with Gasteiger partial charge in [-0.3, -0.25) is 0 Å². The molecule has 0 spiro atoms. The number of aliphatic hydroxyl groups is 5. The molecular formula is C12H17NO7. The normalized spacial score (nSPS) is 17.1. The van der Waals surface area contributed by atoms with E-state index in [1.165, 1.54) is 24.3 Å². The second kappa shape index (κ2) is 7.17. The summed E-state index contributed by atoms with van der Waals surface area (Å²) in [4.78, 5) is 11.5. The van der Waals surface area contributed by atoms with Gasteiger partial charge in [-0.05, 0) is 24.3 Å². The van der Waals surface area contributed by atoms with Crippen LogP contribution in [0.3, 0.4) is 0 Å². The standard InChI is InChI=1S/C12H17NO7/c13-6-1-3-7(4-2-6)20-12(19)11(18)10(17)9(16)8(15)5-14/h1-4,8-11,14-18H,5,13H2/t8-,9-,10+,11-/m1/s1. The van der Waals surface area contributed by atoms with Gasteiger partial charge in [-0.25, -0.2) is 4.79 Å². The minimum Gasteiger partial charge on any atom is -0.425 e. The number of carbonyl (C=O) groups excluding carboxylic acids is 1. The maximum absolute atomic E-state index is 11.5. The summed E-state index contributed by atoms with van der Waals surface area (Å²) in [5.41, 5.74) is 5.89. The highest BCUT2D eigenvalue weighted by Gasteiger charge is 2.35. The molecule has 0 aliphatic rings. The Hall–Kier alpha value is -1.71. The van der Waals surface area contributed by atoms with Gasteiger partial charge < -0.3 is 36.0 Å². The van der Waals surface area contributed by atoms with E-state index in [0.717, 1.165) is 0 Å². The molecule has 8 nitrogen and oxygen atoms in total. The number of hydrogen-bond donors (Lipinski definition) is 6. The second-order valence-corrected chi connectivity index (χ2v) is 4.17. The maximum Gasteiger partial charge on any atom is 0.343 e. The van der Waals surface area contributed by atoms with Crippen LogP contribution in [0, 0.1) is 0 Å². The van der Waals surface area contributed by atoms with Gasteiger partial charge in [-0.2, -0.15) is 0 Å². The van der Waals surface area contributed by atoms with E-state index >= 15 is 0 Å². The number of aliphatic hydroxyl groups excluding tert-OH is 5. The quantitative estimate of drug-likeness (QED) is 0.192. The maximum atomic E-state index is 11.5. The predicted molar refractivity (Wildman–Crippen MR) is 67.6 cm³/mol. The first-order valence-electron chi connectivity index (χ1n) is 5.77. The van der Waals surface area contributed by atoms with E-state index in [9.17, 15) is 20.1 Å². The van der Waals surface area contributed by atoms with Gasteiger partial charge in [-0.1, -0.05) is 0 Å². The number of anilines is 1. The molecule has 8 heteroatoms. The van der Waals surface area contributed by atoms with Crippen molar-refractivity contribution in [2.45, 2.75) is 24.4 Å². The molecule has 0 bridgehead atoms. The van der Waals surface area contributed by atoms with Crippen LogP contribution in [-0.4, -0.2) is 62.5 Å². The molecule has 0 heterocycles. The van der Waals surface area contributed by atoms with Gasteiger partial charge >= 0.3 is 5.97 Å². The summed E-state index contributed by atoms with van der Waals surface area (Å²) >= 11 is 0. The number of rotatable bonds is 6. The number of nitrogens with two attached hydrogens (primary N) is 1. The van der Waals surface area contributed by atoms with Crippen LogP contribution in [0.15, 0.2) is 24.3 Å². The molecule has 0 fully saturated rings. The highest BCUT2D eigenvalue weighted by Crippen LogP contribution is 2.15. The number of hydrogen-bond acceptors (Lipinski definition) is 8. The van der Waals surface area contributed by atoms with Crippen LogP contribution in [0.2, 0.25) is 0 Å². The second-order valence-electron chi connectivity index (χ2n) is 4.17. The van der Waals surface area contributed by atoms with Crippen LogP contribution in [0.25, 0.3) is 0 Å². The molecule has 0 saturated heterocycles. The molecule has 7 N–H and O–H groups in total. The number of esters is 1. The molecule has 0 amide bonds. The summed E-state index contributed by atoms with van der Waals surface area (Å²) < 4.78 is 4.76. The molecule has 0 aliphatic heterocycles.